The van der Waals surface area contributed by atoms with Crippen molar-refractivity contribution in [3.63, 3.8) is 0 Å². The van der Waals surface area contributed by atoms with Gasteiger partial charge in [0.25, 0.3) is 5.91 Å². The minimum atomic E-state index is -3.47. The quantitative estimate of drug-likeness (QED) is 0.464. The van der Waals surface area contributed by atoms with Crippen LogP contribution in [0.3, 0.4) is 0 Å². The van der Waals surface area contributed by atoms with Crippen molar-refractivity contribution in [1.29, 1.82) is 0 Å². The lowest BCUT2D eigenvalue weighted by Crippen LogP contribution is -2.49. The highest BCUT2D eigenvalue weighted by molar-refractivity contribution is 7.89. The summed E-state index contributed by atoms with van der Waals surface area (Å²) in [6.07, 6.45) is 0. The monoisotopic (exact) mass is 534 g/mol. The number of ether oxygens (including phenoxy) is 1. The van der Waals surface area contributed by atoms with Gasteiger partial charge in [-0.1, -0.05) is 42.5 Å². The zero-order valence-electron chi connectivity index (χ0n) is 21.7. The first kappa shape index (κ1) is 26.2. The lowest BCUT2D eigenvalue weighted by atomic mass is 10.1. The zero-order valence-corrected chi connectivity index (χ0v) is 22.5. The zero-order chi connectivity index (χ0) is 26.5. The summed E-state index contributed by atoms with van der Waals surface area (Å²) >= 11 is 0. The Balaban J connectivity index is 1.16. The Morgan fingerprint density at radius 3 is 2.18 bits per heavy atom. The molecule has 0 saturated carbocycles. The van der Waals surface area contributed by atoms with Crippen molar-refractivity contribution in [2.75, 3.05) is 64.4 Å². The summed E-state index contributed by atoms with van der Waals surface area (Å²) in [4.78, 5) is 20.0. The van der Waals surface area contributed by atoms with E-state index in [4.69, 9.17) is 4.74 Å². The molecule has 38 heavy (non-hydrogen) atoms. The fourth-order valence-corrected chi connectivity index (χ4v) is 6.60. The van der Waals surface area contributed by atoms with Gasteiger partial charge in [0.05, 0.1) is 17.7 Å². The summed E-state index contributed by atoms with van der Waals surface area (Å²) in [5.74, 6) is 0.892. The van der Waals surface area contributed by atoms with Crippen LogP contribution in [-0.4, -0.2) is 87.9 Å². The number of carbonyl (C=O) groups excluding carboxylic acids is 1. The van der Waals surface area contributed by atoms with E-state index in [0.29, 0.717) is 56.3 Å². The highest BCUT2D eigenvalue weighted by atomic mass is 32.2. The van der Waals surface area contributed by atoms with Crippen LogP contribution in [0.1, 0.15) is 15.9 Å². The van der Waals surface area contributed by atoms with Gasteiger partial charge in [-0.3, -0.25) is 9.69 Å². The fraction of sp³-hybridized carbons (Fsp3) is 0.345. The molecule has 0 spiro atoms. The third-order valence-corrected chi connectivity index (χ3v) is 9.20. The van der Waals surface area contributed by atoms with E-state index in [1.54, 1.807) is 35.7 Å². The summed E-state index contributed by atoms with van der Waals surface area (Å²) in [5, 5.41) is 0. The lowest BCUT2D eigenvalue weighted by Gasteiger charge is -2.36. The SMILES string of the molecule is COc1ccccc1N1CCN(C(=O)c2cccc(CN3CCN(S(=O)(=O)c4ccccc4)CC3)c2)CC1. The van der Waals surface area contributed by atoms with Crippen LogP contribution in [0.4, 0.5) is 5.69 Å². The van der Waals surface area contributed by atoms with E-state index in [1.165, 1.54) is 0 Å². The fourth-order valence-electron chi connectivity index (χ4n) is 5.15. The molecule has 2 fully saturated rings. The van der Waals surface area contributed by atoms with Crippen LogP contribution in [0, 0.1) is 0 Å². The van der Waals surface area contributed by atoms with Gasteiger partial charge in [0.15, 0.2) is 0 Å². The van der Waals surface area contributed by atoms with E-state index in [9.17, 15) is 13.2 Å². The van der Waals surface area contributed by atoms with Gasteiger partial charge < -0.3 is 14.5 Å². The molecule has 0 unspecified atom stereocenters. The van der Waals surface area contributed by atoms with Crippen LogP contribution < -0.4 is 9.64 Å². The Kier molecular flexibility index (Phi) is 7.97. The Bertz CT molecular complexity index is 1350. The highest BCUT2D eigenvalue weighted by Gasteiger charge is 2.28. The van der Waals surface area contributed by atoms with Gasteiger partial charge in [0, 0.05) is 64.5 Å². The van der Waals surface area contributed by atoms with Gasteiger partial charge in [-0.05, 0) is 42.0 Å². The van der Waals surface area contributed by atoms with E-state index in [-0.39, 0.29) is 5.91 Å². The average Bonchev–Trinajstić information content (AvgIpc) is 2.98. The Morgan fingerprint density at radius 1 is 0.789 bits per heavy atom. The van der Waals surface area contributed by atoms with Crippen molar-refractivity contribution in [3.8, 4) is 5.75 Å². The summed E-state index contributed by atoms with van der Waals surface area (Å²) in [6.45, 7) is 5.69. The standard InChI is InChI=1S/C29H34N4O4S/c1-37-28-13-6-5-12-27(28)31-16-18-32(19-17-31)29(34)25-9-7-8-24(22-25)23-30-14-20-33(21-15-30)38(35,36)26-10-3-2-4-11-26/h2-13,22H,14-21,23H2,1H3. The summed E-state index contributed by atoms with van der Waals surface area (Å²) < 4.78 is 32.9. The van der Waals surface area contributed by atoms with Crippen molar-refractivity contribution in [3.05, 3.63) is 90.0 Å². The van der Waals surface area contributed by atoms with Crippen LogP contribution in [0.5, 0.6) is 5.75 Å². The van der Waals surface area contributed by atoms with Crippen molar-refractivity contribution in [2.24, 2.45) is 0 Å². The van der Waals surface area contributed by atoms with Crippen molar-refractivity contribution in [2.45, 2.75) is 11.4 Å². The predicted octanol–water partition coefficient (Wildman–Crippen LogP) is 3.16. The number of hydrogen-bond acceptors (Lipinski definition) is 6. The van der Waals surface area contributed by atoms with E-state index in [2.05, 4.69) is 15.9 Å². The summed E-state index contributed by atoms with van der Waals surface area (Å²) in [7, 11) is -1.79. The third-order valence-electron chi connectivity index (χ3n) is 7.29. The molecule has 3 aromatic carbocycles. The molecule has 200 valence electrons. The van der Waals surface area contributed by atoms with Gasteiger partial charge in [0.1, 0.15) is 5.75 Å². The molecule has 2 aliphatic rings. The van der Waals surface area contributed by atoms with Crippen molar-refractivity contribution >= 4 is 21.6 Å². The maximum Gasteiger partial charge on any atom is 0.253 e. The maximum absolute atomic E-state index is 13.3. The van der Waals surface area contributed by atoms with Crippen LogP contribution >= 0.6 is 0 Å². The second kappa shape index (κ2) is 11.6. The number of para-hydroxylation sites is 2. The van der Waals surface area contributed by atoms with E-state index in [1.807, 2.05) is 53.4 Å². The number of methoxy groups -OCH3 is 1. The second-order valence-corrected chi connectivity index (χ2v) is 11.6. The molecule has 8 nitrogen and oxygen atoms in total. The Morgan fingerprint density at radius 2 is 1.47 bits per heavy atom. The molecule has 5 rings (SSSR count). The molecule has 2 aliphatic heterocycles. The number of nitrogens with zero attached hydrogens (tertiary/aromatic N) is 4. The molecule has 3 aromatic rings. The predicted molar refractivity (Wildman–Crippen MR) is 148 cm³/mol. The van der Waals surface area contributed by atoms with Gasteiger partial charge in [-0.2, -0.15) is 4.31 Å². The number of rotatable bonds is 7. The van der Waals surface area contributed by atoms with Crippen LogP contribution in [0.2, 0.25) is 0 Å². The molecule has 1 amide bonds. The number of sulfonamides is 1. The molecule has 2 heterocycles. The molecule has 2 saturated heterocycles. The second-order valence-electron chi connectivity index (χ2n) is 9.64. The number of amides is 1. The van der Waals surface area contributed by atoms with Gasteiger partial charge in [0.2, 0.25) is 10.0 Å². The summed E-state index contributed by atoms with van der Waals surface area (Å²) in [5.41, 5.74) is 2.81. The van der Waals surface area contributed by atoms with E-state index >= 15 is 0 Å². The first-order valence-electron chi connectivity index (χ1n) is 13.0. The number of carbonyl (C=O) groups is 1. The van der Waals surface area contributed by atoms with Gasteiger partial charge >= 0.3 is 0 Å². The van der Waals surface area contributed by atoms with Crippen molar-refractivity contribution in [1.82, 2.24) is 14.1 Å². The molecule has 9 heteroatoms. The molecular formula is C29H34N4O4S. The number of hydrogen-bond donors (Lipinski definition) is 0. The van der Waals surface area contributed by atoms with Gasteiger partial charge in [-0.15, -0.1) is 0 Å². The van der Waals surface area contributed by atoms with Crippen LogP contribution in [0.25, 0.3) is 0 Å². The van der Waals surface area contributed by atoms with Crippen molar-refractivity contribution < 1.29 is 17.9 Å². The van der Waals surface area contributed by atoms with Gasteiger partial charge in [-0.25, -0.2) is 8.42 Å². The minimum Gasteiger partial charge on any atom is -0.495 e. The molecule has 0 N–H and O–H groups in total. The lowest BCUT2D eigenvalue weighted by molar-refractivity contribution is 0.0746. The molecule has 0 atom stereocenters. The molecule has 0 aromatic heterocycles. The molecular weight excluding hydrogens is 500 g/mol. The summed E-state index contributed by atoms with van der Waals surface area (Å²) in [6, 6.07) is 24.4. The minimum absolute atomic E-state index is 0.0466. The normalized spacial score (nSPS) is 17.4. The van der Waals surface area contributed by atoms with Crippen LogP contribution in [0.15, 0.2) is 83.8 Å². The highest BCUT2D eigenvalue weighted by Crippen LogP contribution is 2.28. The Labute approximate surface area is 225 Å². The first-order valence-corrected chi connectivity index (χ1v) is 14.4. The first-order chi connectivity index (χ1) is 18.5. The molecule has 0 radical (unpaired) electrons. The molecule has 0 bridgehead atoms. The van der Waals surface area contributed by atoms with E-state index in [0.717, 1.165) is 30.1 Å². The number of benzene rings is 3. The third kappa shape index (κ3) is 5.70. The maximum atomic E-state index is 13.3. The van der Waals surface area contributed by atoms with Crippen LogP contribution in [-0.2, 0) is 16.6 Å². The smallest absolute Gasteiger partial charge is 0.253 e. The topological polar surface area (TPSA) is 73.4 Å². The Hall–Kier alpha value is -3.40. The average molecular weight is 535 g/mol. The largest absolute Gasteiger partial charge is 0.495 e. The number of piperazine rings is 2. The molecule has 0 aliphatic carbocycles. The number of anilines is 1. The van der Waals surface area contributed by atoms with E-state index < -0.39 is 10.0 Å².